The number of nitrogens with zero attached hydrogens (tertiary/aromatic N) is 5. The van der Waals surface area contributed by atoms with Crippen LogP contribution in [0.25, 0.3) is 11.2 Å². The lowest BCUT2D eigenvalue weighted by Gasteiger charge is -2.25. The molecule has 4 heterocycles. The van der Waals surface area contributed by atoms with Crippen LogP contribution in [-0.2, 0) is 17.7 Å². The maximum absolute atomic E-state index is 13.2. The van der Waals surface area contributed by atoms with Crippen LogP contribution in [0.3, 0.4) is 0 Å². The Morgan fingerprint density at radius 1 is 0.920 bits per heavy atom. The lowest BCUT2D eigenvalue weighted by Crippen LogP contribution is -2.49. The van der Waals surface area contributed by atoms with Gasteiger partial charge < -0.3 is 30.7 Å². The molecule has 2 aliphatic heterocycles. The van der Waals surface area contributed by atoms with Gasteiger partial charge in [-0.2, -0.15) is 0 Å². The van der Waals surface area contributed by atoms with Crippen LogP contribution < -0.4 is 16.1 Å². The van der Waals surface area contributed by atoms with Crippen LogP contribution in [0.5, 0.6) is 0 Å². The van der Waals surface area contributed by atoms with E-state index in [4.69, 9.17) is 14.7 Å². The van der Waals surface area contributed by atoms with Crippen molar-refractivity contribution in [2.24, 2.45) is 0 Å². The number of urea groups is 1. The zero-order valence-corrected chi connectivity index (χ0v) is 27.5. The molecule has 13 heteroatoms. The zero-order chi connectivity index (χ0) is 34.5. The average molecular weight is 679 g/mol. The van der Waals surface area contributed by atoms with Crippen molar-refractivity contribution >= 4 is 23.0 Å². The third-order valence-corrected chi connectivity index (χ3v) is 9.48. The third kappa shape index (κ3) is 7.32. The summed E-state index contributed by atoms with van der Waals surface area (Å²) in [5.41, 5.74) is 7.25. The fraction of sp³-hybridized carbons (Fsp3) is 0.351. The van der Waals surface area contributed by atoms with Crippen molar-refractivity contribution in [1.82, 2.24) is 35.3 Å². The van der Waals surface area contributed by atoms with Crippen LogP contribution in [0, 0.1) is 0 Å². The maximum atomic E-state index is 13.2. The number of imidazole rings is 1. The number of aliphatic hydroxyl groups excluding tert-OH is 3. The summed E-state index contributed by atoms with van der Waals surface area (Å²) in [7, 11) is 0. The number of anilines is 1. The van der Waals surface area contributed by atoms with Gasteiger partial charge in [-0.3, -0.25) is 9.99 Å². The van der Waals surface area contributed by atoms with Gasteiger partial charge in [-0.25, -0.2) is 24.8 Å². The second-order valence-corrected chi connectivity index (χ2v) is 12.8. The van der Waals surface area contributed by atoms with Crippen LogP contribution in [0.1, 0.15) is 47.5 Å². The number of nitrogens with one attached hydrogen (secondary N) is 3. The van der Waals surface area contributed by atoms with Gasteiger partial charge in [0.25, 0.3) is 0 Å². The number of aromatic nitrogens is 4. The number of aliphatic hydroxyl groups is 3. The van der Waals surface area contributed by atoms with Gasteiger partial charge in [0.2, 0.25) is 0 Å². The van der Waals surface area contributed by atoms with Gasteiger partial charge in [-0.15, -0.1) is 0 Å². The number of hydrogen-bond donors (Lipinski definition) is 6. The van der Waals surface area contributed by atoms with Crippen LogP contribution >= 0.6 is 0 Å². The third-order valence-electron chi connectivity index (χ3n) is 9.48. The Bertz CT molecular complexity index is 1820. The standard InChI is InChI=1S/C37H42N8O5/c46-22-29-32(47)33(48)36(50-29)44-23-40-31-34(38-20-28(25-13-6-2-7-14-25)26-15-8-3-9-16-26)41-30(42-35(31)44)21-39-37(49)43-45-18-10-17-27(45)19-24-11-4-1-5-12-24/h1-9,11-16,23,27-29,32-33,36,46-48H,10,17-22H2,(H,38,41,42)(H2,39,43,49)/t27-,29-,32-,33-,36-/m1/s1. The number of fused-ring (bicyclic) bond motifs is 1. The first-order valence-electron chi connectivity index (χ1n) is 17.0. The average Bonchev–Trinajstić information content (AvgIpc) is 3.85. The van der Waals surface area contributed by atoms with E-state index in [9.17, 15) is 20.1 Å². The molecule has 0 unspecified atom stereocenters. The first kappa shape index (κ1) is 33.6. The van der Waals surface area contributed by atoms with Crippen molar-refractivity contribution in [2.75, 3.05) is 25.0 Å². The molecule has 0 aliphatic carbocycles. The van der Waals surface area contributed by atoms with Crippen LogP contribution in [-0.4, -0.2) is 89.9 Å². The highest BCUT2D eigenvalue weighted by molar-refractivity contribution is 5.83. The first-order chi connectivity index (χ1) is 24.5. The van der Waals surface area contributed by atoms with E-state index in [1.54, 1.807) is 0 Å². The van der Waals surface area contributed by atoms with E-state index in [0.29, 0.717) is 29.4 Å². The highest BCUT2D eigenvalue weighted by Gasteiger charge is 2.44. The molecule has 7 rings (SSSR count). The van der Waals surface area contributed by atoms with Crippen molar-refractivity contribution in [3.8, 4) is 0 Å². The van der Waals surface area contributed by atoms with Crippen LogP contribution in [0.2, 0.25) is 0 Å². The highest BCUT2D eigenvalue weighted by Crippen LogP contribution is 2.33. The molecule has 3 aromatic carbocycles. The van der Waals surface area contributed by atoms with Crippen molar-refractivity contribution in [1.29, 1.82) is 0 Å². The summed E-state index contributed by atoms with van der Waals surface area (Å²) in [5.74, 6) is 0.737. The molecule has 2 fully saturated rings. The zero-order valence-electron chi connectivity index (χ0n) is 27.5. The minimum atomic E-state index is -1.33. The Morgan fingerprint density at radius 3 is 2.26 bits per heavy atom. The number of rotatable bonds is 12. The summed E-state index contributed by atoms with van der Waals surface area (Å²) in [5, 5.41) is 39.4. The summed E-state index contributed by atoms with van der Waals surface area (Å²) >= 11 is 0. The maximum Gasteiger partial charge on any atom is 0.329 e. The van der Waals surface area contributed by atoms with Crippen molar-refractivity contribution < 1.29 is 24.9 Å². The molecule has 5 aromatic rings. The molecular weight excluding hydrogens is 636 g/mol. The smallest absolute Gasteiger partial charge is 0.329 e. The SMILES string of the molecule is O=C(NCc1nc(NCC(c2ccccc2)c2ccccc2)c2ncn([C@@H]3O[C@H](CO)[C@@H](O)[C@H]3O)c2n1)NN1CCC[C@@H]1Cc1ccccc1. The molecule has 6 N–H and O–H groups in total. The van der Waals surface area contributed by atoms with Crippen LogP contribution in [0.15, 0.2) is 97.3 Å². The molecule has 0 bridgehead atoms. The predicted molar refractivity (Wildman–Crippen MR) is 187 cm³/mol. The number of hydrazine groups is 1. The molecule has 260 valence electrons. The molecule has 2 saturated heterocycles. The second-order valence-electron chi connectivity index (χ2n) is 12.8. The minimum Gasteiger partial charge on any atom is -0.394 e. The Morgan fingerprint density at radius 2 is 1.60 bits per heavy atom. The number of carbonyl (C=O) groups excluding carboxylic acids is 1. The Hall–Kier alpha value is -4.92. The first-order valence-corrected chi connectivity index (χ1v) is 17.0. The molecule has 50 heavy (non-hydrogen) atoms. The number of hydrogen-bond acceptors (Lipinski definition) is 10. The number of ether oxygens (including phenoxy) is 1. The predicted octanol–water partition coefficient (Wildman–Crippen LogP) is 3.10. The summed E-state index contributed by atoms with van der Waals surface area (Å²) in [6, 6.07) is 30.4. The van der Waals surface area contributed by atoms with E-state index in [-0.39, 0.29) is 24.5 Å². The van der Waals surface area contributed by atoms with E-state index in [1.165, 1.54) is 16.5 Å². The molecular formula is C37H42N8O5. The molecule has 0 spiro atoms. The van der Waals surface area contributed by atoms with Crippen molar-refractivity contribution in [3.63, 3.8) is 0 Å². The second kappa shape index (κ2) is 15.3. The van der Waals surface area contributed by atoms with Gasteiger partial charge in [0, 0.05) is 25.0 Å². The van der Waals surface area contributed by atoms with Gasteiger partial charge in [-0.1, -0.05) is 91.0 Å². The number of carbonyl (C=O) groups is 1. The lowest BCUT2D eigenvalue weighted by atomic mass is 9.91. The molecule has 0 saturated carbocycles. The molecule has 2 amide bonds. The van der Waals surface area contributed by atoms with E-state index in [2.05, 4.69) is 57.4 Å². The molecule has 2 aromatic heterocycles. The highest BCUT2D eigenvalue weighted by atomic mass is 16.6. The Balaban J connectivity index is 1.13. The van der Waals surface area contributed by atoms with E-state index in [0.717, 1.165) is 36.9 Å². The molecule has 5 atom stereocenters. The fourth-order valence-electron chi connectivity index (χ4n) is 6.87. The molecule has 13 nitrogen and oxygen atoms in total. The van der Waals surface area contributed by atoms with Gasteiger partial charge in [0.1, 0.15) is 18.3 Å². The van der Waals surface area contributed by atoms with E-state index < -0.39 is 31.1 Å². The van der Waals surface area contributed by atoms with Gasteiger partial charge >= 0.3 is 6.03 Å². The quantitative estimate of drug-likeness (QED) is 0.115. The molecule has 2 aliphatic rings. The number of amides is 2. The molecule has 0 radical (unpaired) electrons. The minimum absolute atomic E-state index is 0.00952. The van der Waals surface area contributed by atoms with Gasteiger partial charge in [0.05, 0.1) is 19.5 Å². The summed E-state index contributed by atoms with van der Waals surface area (Å²) in [6.07, 6.45) is -0.336. The Kier molecular flexibility index (Phi) is 10.3. The van der Waals surface area contributed by atoms with Gasteiger partial charge in [0.15, 0.2) is 29.0 Å². The van der Waals surface area contributed by atoms with Crippen molar-refractivity contribution in [2.45, 2.75) is 62.3 Å². The van der Waals surface area contributed by atoms with E-state index >= 15 is 0 Å². The Labute approximate surface area is 289 Å². The van der Waals surface area contributed by atoms with Crippen LogP contribution in [0.4, 0.5) is 10.6 Å². The summed E-state index contributed by atoms with van der Waals surface area (Å²) in [6.45, 7) is 0.785. The fourth-order valence-corrected chi connectivity index (χ4v) is 6.87. The summed E-state index contributed by atoms with van der Waals surface area (Å²) < 4.78 is 7.34. The van der Waals surface area contributed by atoms with Gasteiger partial charge in [-0.05, 0) is 36.0 Å². The van der Waals surface area contributed by atoms with Crippen molar-refractivity contribution in [3.05, 3.63) is 120 Å². The monoisotopic (exact) mass is 678 g/mol. The summed E-state index contributed by atoms with van der Waals surface area (Å²) in [4.78, 5) is 27.3. The lowest BCUT2D eigenvalue weighted by molar-refractivity contribution is -0.0511. The number of benzene rings is 3. The van der Waals surface area contributed by atoms with E-state index in [1.807, 2.05) is 59.6 Å². The normalized spacial score (nSPS) is 22.3. The topological polar surface area (TPSA) is 170 Å². The largest absolute Gasteiger partial charge is 0.394 e.